The van der Waals surface area contributed by atoms with E-state index in [2.05, 4.69) is 68.2 Å². The Kier molecular flexibility index (Phi) is 4.60. The lowest BCUT2D eigenvalue weighted by Gasteiger charge is -2.21. The van der Waals surface area contributed by atoms with Crippen molar-refractivity contribution in [1.82, 2.24) is 9.97 Å². The molecule has 0 fully saturated rings. The number of aryl methyl sites for hydroxylation is 2. The van der Waals surface area contributed by atoms with Crippen LogP contribution in [0.1, 0.15) is 18.1 Å². The van der Waals surface area contributed by atoms with Crippen molar-refractivity contribution in [3.05, 3.63) is 40.1 Å². The lowest BCUT2D eigenvalue weighted by atomic mass is 10.1. The minimum atomic E-state index is 0.814. The maximum absolute atomic E-state index is 4.38. The Morgan fingerprint density at radius 2 is 1.80 bits per heavy atom. The third-order valence-electron chi connectivity index (χ3n) is 3.03. The highest BCUT2D eigenvalue weighted by Gasteiger charge is 2.14. The fourth-order valence-corrected chi connectivity index (χ4v) is 2.76. The predicted octanol–water partition coefficient (Wildman–Crippen LogP) is 4.06. The maximum Gasteiger partial charge on any atom is 0.152 e. The summed E-state index contributed by atoms with van der Waals surface area (Å²) in [5.41, 5.74) is 3.59. The zero-order valence-corrected chi connectivity index (χ0v) is 13.8. The second-order valence-electron chi connectivity index (χ2n) is 4.80. The monoisotopic (exact) mass is 334 g/mol. The predicted molar refractivity (Wildman–Crippen MR) is 87.9 cm³/mol. The summed E-state index contributed by atoms with van der Waals surface area (Å²) < 4.78 is 0.878. The highest BCUT2D eigenvalue weighted by atomic mass is 79.9. The van der Waals surface area contributed by atoms with Gasteiger partial charge in [-0.3, -0.25) is 0 Å². The van der Waals surface area contributed by atoms with Crippen molar-refractivity contribution in [2.45, 2.75) is 20.8 Å². The zero-order chi connectivity index (χ0) is 14.7. The van der Waals surface area contributed by atoms with Gasteiger partial charge in [-0.1, -0.05) is 6.07 Å². The Morgan fingerprint density at radius 1 is 1.15 bits per heavy atom. The van der Waals surface area contributed by atoms with Crippen LogP contribution in [-0.4, -0.2) is 23.6 Å². The fraction of sp³-hybridized carbons (Fsp3) is 0.333. The maximum atomic E-state index is 4.38. The van der Waals surface area contributed by atoms with Crippen LogP contribution in [0, 0.1) is 13.8 Å². The summed E-state index contributed by atoms with van der Waals surface area (Å²) in [7, 11) is 2.01. The van der Waals surface area contributed by atoms with Gasteiger partial charge in [0.05, 0.1) is 0 Å². The van der Waals surface area contributed by atoms with Gasteiger partial charge in [-0.2, -0.15) is 0 Å². The number of nitrogens with one attached hydrogen (secondary N) is 1. The quantitative estimate of drug-likeness (QED) is 0.915. The normalized spacial score (nSPS) is 10.4. The van der Waals surface area contributed by atoms with Crippen LogP contribution in [-0.2, 0) is 0 Å². The number of anilines is 3. The van der Waals surface area contributed by atoms with Crippen molar-refractivity contribution in [3.8, 4) is 0 Å². The molecule has 0 atom stereocenters. The minimum Gasteiger partial charge on any atom is -0.369 e. The summed E-state index contributed by atoms with van der Waals surface area (Å²) in [6.45, 7) is 7.07. The van der Waals surface area contributed by atoms with E-state index in [4.69, 9.17) is 0 Å². The molecule has 0 unspecified atom stereocenters. The van der Waals surface area contributed by atoms with Crippen molar-refractivity contribution in [2.24, 2.45) is 0 Å². The lowest BCUT2D eigenvalue weighted by molar-refractivity contribution is 1.05. The van der Waals surface area contributed by atoms with Crippen LogP contribution in [0.15, 0.2) is 29.0 Å². The van der Waals surface area contributed by atoms with E-state index < -0.39 is 0 Å². The molecule has 1 N–H and O–H groups in total. The van der Waals surface area contributed by atoms with Crippen molar-refractivity contribution >= 4 is 33.3 Å². The van der Waals surface area contributed by atoms with Crippen LogP contribution >= 0.6 is 15.9 Å². The summed E-state index contributed by atoms with van der Waals surface area (Å²) in [6.07, 6.45) is 1.58. The van der Waals surface area contributed by atoms with Gasteiger partial charge in [0, 0.05) is 19.3 Å². The van der Waals surface area contributed by atoms with Gasteiger partial charge in [0.1, 0.15) is 16.6 Å². The molecule has 2 rings (SSSR count). The standard InChI is InChI=1S/C15H19BrN4/c1-5-17-14-13(16)15(19-9-18-14)20(4)12-7-10(2)6-11(3)8-12/h6-9H,5H2,1-4H3,(H,17,18,19). The smallest absolute Gasteiger partial charge is 0.152 e. The molecule has 2 aromatic rings. The molecule has 0 saturated carbocycles. The zero-order valence-electron chi connectivity index (χ0n) is 12.2. The van der Waals surface area contributed by atoms with E-state index in [0.717, 1.165) is 28.3 Å². The van der Waals surface area contributed by atoms with E-state index in [9.17, 15) is 0 Å². The molecule has 0 saturated heterocycles. The van der Waals surface area contributed by atoms with Gasteiger partial charge in [0.2, 0.25) is 0 Å². The molecule has 0 bridgehead atoms. The summed E-state index contributed by atoms with van der Waals surface area (Å²) in [4.78, 5) is 10.7. The summed E-state index contributed by atoms with van der Waals surface area (Å²) in [6, 6.07) is 6.46. The van der Waals surface area contributed by atoms with Gasteiger partial charge >= 0.3 is 0 Å². The second kappa shape index (κ2) is 6.22. The number of hydrogen-bond donors (Lipinski definition) is 1. The molecule has 1 aromatic heterocycles. The van der Waals surface area contributed by atoms with Crippen molar-refractivity contribution < 1.29 is 0 Å². The van der Waals surface area contributed by atoms with E-state index in [1.165, 1.54) is 11.1 Å². The Hall–Kier alpha value is -1.62. The van der Waals surface area contributed by atoms with E-state index in [1.807, 2.05) is 14.0 Å². The molecule has 106 valence electrons. The fourth-order valence-electron chi connectivity index (χ4n) is 2.15. The number of nitrogens with zero attached hydrogens (tertiary/aromatic N) is 3. The van der Waals surface area contributed by atoms with Crippen LogP contribution < -0.4 is 10.2 Å². The molecule has 0 spiro atoms. The van der Waals surface area contributed by atoms with Crippen LogP contribution in [0.25, 0.3) is 0 Å². The first kappa shape index (κ1) is 14.8. The molecule has 4 nitrogen and oxygen atoms in total. The number of hydrogen-bond acceptors (Lipinski definition) is 4. The van der Waals surface area contributed by atoms with Gasteiger partial charge < -0.3 is 10.2 Å². The Labute approximate surface area is 128 Å². The molecule has 1 aromatic carbocycles. The van der Waals surface area contributed by atoms with E-state index in [1.54, 1.807) is 6.33 Å². The van der Waals surface area contributed by atoms with Crippen molar-refractivity contribution in [3.63, 3.8) is 0 Å². The minimum absolute atomic E-state index is 0.814. The number of aromatic nitrogens is 2. The van der Waals surface area contributed by atoms with E-state index in [0.29, 0.717) is 0 Å². The molecule has 0 aliphatic heterocycles. The van der Waals surface area contributed by atoms with Gasteiger partial charge in [-0.15, -0.1) is 0 Å². The van der Waals surface area contributed by atoms with Gasteiger partial charge in [-0.25, -0.2) is 9.97 Å². The summed E-state index contributed by atoms with van der Waals surface area (Å²) in [5.74, 6) is 1.66. The molecule has 0 aliphatic rings. The van der Waals surface area contributed by atoms with Gasteiger partial charge in [0.15, 0.2) is 5.82 Å². The summed E-state index contributed by atoms with van der Waals surface area (Å²) in [5, 5.41) is 3.22. The van der Waals surface area contributed by atoms with E-state index >= 15 is 0 Å². The van der Waals surface area contributed by atoms with Crippen LogP contribution in [0.5, 0.6) is 0 Å². The average Bonchev–Trinajstić information content (AvgIpc) is 2.39. The highest BCUT2D eigenvalue weighted by molar-refractivity contribution is 9.10. The van der Waals surface area contributed by atoms with Crippen molar-refractivity contribution in [1.29, 1.82) is 0 Å². The molecular weight excluding hydrogens is 316 g/mol. The van der Waals surface area contributed by atoms with Crippen LogP contribution in [0.3, 0.4) is 0 Å². The molecule has 1 heterocycles. The molecule has 0 amide bonds. The Morgan fingerprint density at radius 3 is 2.40 bits per heavy atom. The summed E-state index contributed by atoms with van der Waals surface area (Å²) >= 11 is 3.59. The van der Waals surface area contributed by atoms with Gasteiger partial charge in [-0.05, 0) is 60.0 Å². The number of benzene rings is 1. The average molecular weight is 335 g/mol. The number of halogens is 1. The first-order chi connectivity index (χ1) is 9.52. The third kappa shape index (κ3) is 3.10. The molecule has 0 radical (unpaired) electrons. The Bertz CT molecular complexity index is 593. The lowest BCUT2D eigenvalue weighted by Crippen LogP contribution is -2.14. The highest BCUT2D eigenvalue weighted by Crippen LogP contribution is 2.33. The first-order valence-electron chi connectivity index (χ1n) is 6.59. The molecule has 5 heteroatoms. The van der Waals surface area contributed by atoms with Gasteiger partial charge in [0.25, 0.3) is 0 Å². The van der Waals surface area contributed by atoms with Crippen LogP contribution in [0.2, 0.25) is 0 Å². The third-order valence-corrected chi connectivity index (χ3v) is 3.76. The molecule has 20 heavy (non-hydrogen) atoms. The molecule has 0 aliphatic carbocycles. The van der Waals surface area contributed by atoms with E-state index in [-0.39, 0.29) is 0 Å². The largest absolute Gasteiger partial charge is 0.369 e. The first-order valence-corrected chi connectivity index (χ1v) is 7.38. The topological polar surface area (TPSA) is 41.1 Å². The Balaban J connectivity index is 2.42. The number of rotatable bonds is 4. The van der Waals surface area contributed by atoms with Crippen molar-refractivity contribution in [2.75, 3.05) is 23.8 Å². The molecular formula is C15H19BrN4. The van der Waals surface area contributed by atoms with Crippen LogP contribution in [0.4, 0.5) is 17.3 Å². The SMILES string of the molecule is CCNc1ncnc(N(C)c2cc(C)cc(C)c2)c1Br. The second-order valence-corrected chi connectivity index (χ2v) is 5.59.